The van der Waals surface area contributed by atoms with E-state index < -0.39 is 0 Å². The van der Waals surface area contributed by atoms with Gasteiger partial charge in [-0.1, -0.05) is 221 Å². The van der Waals surface area contributed by atoms with Crippen molar-refractivity contribution in [3.05, 3.63) is 210 Å². The fourth-order valence-electron chi connectivity index (χ4n) is 6.34. The van der Waals surface area contributed by atoms with E-state index in [9.17, 15) is 0 Å². The SMILES string of the molecule is CC.CC.CC.CCc1ccc(-c2ccc(CC)cc2)cc1.CCc1ccc(-c2ccc(CC)cc2)cc1.c1ccc(OCC2CO2)cc1.c1ccc(OCC2CO2)cc1.c1ccc(OCC2CO2)cc1. The number of para-hydroxylation sites is 3. The molecular weight excluding hydrogens is 877 g/mol. The molecule has 0 bridgehead atoms. The highest BCUT2D eigenvalue weighted by Gasteiger charge is 2.24. The van der Waals surface area contributed by atoms with Crippen LogP contribution in [0.2, 0.25) is 0 Å². The molecule has 3 atom stereocenters. The van der Waals surface area contributed by atoms with Gasteiger partial charge >= 0.3 is 0 Å². The molecule has 3 aliphatic rings. The second-order valence-electron chi connectivity index (χ2n) is 15.9. The topological polar surface area (TPSA) is 65.3 Å². The van der Waals surface area contributed by atoms with Crippen molar-refractivity contribution < 1.29 is 28.4 Å². The van der Waals surface area contributed by atoms with Gasteiger partial charge in [0.15, 0.2) is 0 Å². The van der Waals surface area contributed by atoms with Crippen LogP contribution in [0.5, 0.6) is 17.2 Å². The van der Waals surface area contributed by atoms with Crippen molar-refractivity contribution in [2.24, 2.45) is 0 Å². The van der Waals surface area contributed by atoms with Crippen LogP contribution in [-0.2, 0) is 39.9 Å². The lowest BCUT2D eigenvalue weighted by Crippen LogP contribution is -2.03. The first-order valence-corrected chi connectivity index (χ1v) is 26.3. The quantitative estimate of drug-likeness (QED) is 0.0954. The molecule has 0 saturated carbocycles. The summed E-state index contributed by atoms with van der Waals surface area (Å²) >= 11 is 0. The number of aryl methyl sites for hydroxylation is 4. The molecule has 3 saturated heterocycles. The fourth-order valence-corrected chi connectivity index (χ4v) is 6.34. The van der Waals surface area contributed by atoms with E-state index in [-0.39, 0.29) is 0 Å². The summed E-state index contributed by atoms with van der Waals surface area (Å²) < 4.78 is 31.2. The summed E-state index contributed by atoms with van der Waals surface area (Å²) in [6.45, 7) is 25.4. The van der Waals surface area contributed by atoms with Gasteiger partial charge in [-0.05, 0) is 107 Å². The van der Waals surface area contributed by atoms with Crippen LogP contribution in [0, 0.1) is 0 Å². The molecule has 7 aromatic rings. The summed E-state index contributed by atoms with van der Waals surface area (Å²) in [7, 11) is 0. The zero-order valence-electron chi connectivity index (χ0n) is 44.7. The van der Waals surface area contributed by atoms with E-state index in [4.69, 9.17) is 28.4 Å². The van der Waals surface area contributed by atoms with Crippen molar-refractivity contribution in [2.45, 2.75) is 113 Å². The van der Waals surface area contributed by atoms with Crippen molar-refractivity contribution in [3.63, 3.8) is 0 Å². The highest BCUT2D eigenvalue weighted by Crippen LogP contribution is 2.23. The molecular formula is C65H84O6. The molecule has 0 aromatic heterocycles. The van der Waals surface area contributed by atoms with Gasteiger partial charge in [-0.3, -0.25) is 0 Å². The third-order valence-electron chi connectivity index (χ3n) is 10.9. The zero-order chi connectivity index (χ0) is 51.3. The van der Waals surface area contributed by atoms with Crippen molar-refractivity contribution >= 4 is 0 Å². The zero-order valence-corrected chi connectivity index (χ0v) is 44.7. The molecule has 3 fully saturated rings. The predicted octanol–water partition coefficient (Wildman–Crippen LogP) is 16.4. The Morgan fingerprint density at radius 3 is 0.634 bits per heavy atom. The Bertz CT molecular complexity index is 1980. The lowest BCUT2D eigenvalue weighted by Gasteiger charge is -2.04. The summed E-state index contributed by atoms with van der Waals surface area (Å²) in [5, 5.41) is 0. The summed E-state index contributed by atoms with van der Waals surface area (Å²) in [6.07, 6.45) is 5.45. The molecule has 7 aromatic carbocycles. The summed E-state index contributed by atoms with van der Waals surface area (Å²) in [5.41, 5.74) is 10.8. The smallest absolute Gasteiger partial charge is 0.119 e. The predicted molar refractivity (Wildman–Crippen MR) is 300 cm³/mol. The van der Waals surface area contributed by atoms with Crippen LogP contribution in [0.4, 0.5) is 0 Å². The molecule has 0 N–H and O–H groups in total. The third-order valence-corrected chi connectivity index (χ3v) is 10.9. The molecule has 0 spiro atoms. The molecule has 0 radical (unpaired) electrons. The van der Waals surface area contributed by atoms with Crippen molar-refractivity contribution in [1.29, 1.82) is 0 Å². The summed E-state index contributed by atoms with van der Waals surface area (Å²) in [6, 6.07) is 64.7. The lowest BCUT2D eigenvalue weighted by molar-refractivity contribution is 0.263. The molecule has 71 heavy (non-hydrogen) atoms. The van der Waals surface area contributed by atoms with Gasteiger partial charge in [-0.15, -0.1) is 0 Å². The van der Waals surface area contributed by atoms with E-state index >= 15 is 0 Å². The van der Waals surface area contributed by atoms with Gasteiger partial charge in [0.1, 0.15) is 55.4 Å². The Kier molecular flexibility index (Phi) is 30.6. The molecule has 3 unspecified atom stereocenters. The number of benzene rings is 7. The van der Waals surface area contributed by atoms with Crippen LogP contribution < -0.4 is 14.2 Å². The second-order valence-corrected chi connectivity index (χ2v) is 15.9. The van der Waals surface area contributed by atoms with E-state index in [0.29, 0.717) is 38.1 Å². The van der Waals surface area contributed by atoms with E-state index in [1.807, 2.05) is 133 Å². The highest BCUT2D eigenvalue weighted by molar-refractivity contribution is 5.65. The Morgan fingerprint density at radius 1 is 0.296 bits per heavy atom. The molecule has 3 aliphatic heterocycles. The average molecular weight is 961 g/mol. The van der Waals surface area contributed by atoms with E-state index in [1.165, 1.54) is 44.5 Å². The largest absolute Gasteiger partial charge is 0.491 e. The van der Waals surface area contributed by atoms with Crippen LogP contribution in [0.3, 0.4) is 0 Å². The first kappa shape index (κ1) is 59.1. The minimum Gasteiger partial charge on any atom is -0.491 e. The van der Waals surface area contributed by atoms with Crippen molar-refractivity contribution in [1.82, 2.24) is 0 Å². The molecule has 0 amide bonds. The monoisotopic (exact) mass is 961 g/mol. The lowest BCUT2D eigenvalue weighted by atomic mass is 10.0. The Morgan fingerprint density at radius 2 is 0.479 bits per heavy atom. The maximum absolute atomic E-state index is 5.40. The first-order valence-electron chi connectivity index (χ1n) is 26.3. The maximum Gasteiger partial charge on any atom is 0.119 e. The van der Waals surface area contributed by atoms with Crippen LogP contribution in [0.15, 0.2) is 188 Å². The number of epoxide rings is 3. The third kappa shape index (κ3) is 25.5. The second kappa shape index (κ2) is 36.7. The molecule has 380 valence electrons. The number of hydrogen-bond acceptors (Lipinski definition) is 6. The van der Waals surface area contributed by atoms with Gasteiger partial charge in [0.05, 0.1) is 19.8 Å². The Balaban J connectivity index is 0.000000230. The number of hydrogen-bond donors (Lipinski definition) is 0. The maximum atomic E-state index is 5.40. The molecule has 0 aliphatic carbocycles. The van der Waals surface area contributed by atoms with Crippen molar-refractivity contribution in [3.8, 4) is 39.5 Å². The molecule has 6 nitrogen and oxygen atoms in total. The van der Waals surface area contributed by atoms with Gasteiger partial charge in [-0.2, -0.15) is 0 Å². The normalized spacial score (nSPS) is 14.8. The van der Waals surface area contributed by atoms with Gasteiger partial charge in [0.25, 0.3) is 0 Å². The van der Waals surface area contributed by atoms with Crippen LogP contribution in [-0.4, -0.2) is 58.0 Å². The standard InChI is InChI=1S/2C16H18.3C9H10O2.3C2H6/c2*1-3-13-5-9-15(10-6-13)16-11-7-14(4-2)8-12-16;3*1-2-4-8(5-3-1)10-6-9-7-11-9;3*1-2/h2*5-12H,3-4H2,1-2H3;3*1-5,9H,6-7H2;3*1-2H3. The first-order chi connectivity index (χ1) is 35.0. The van der Waals surface area contributed by atoms with Crippen LogP contribution in [0.25, 0.3) is 22.3 Å². The van der Waals surface area contributed by atoms with E-state index in [1.54, 1.807) is 0 Å². The molecule has 10 rings (SSSR count). The van der Waals surface area contributed by atoms with Crippen LogP contribution >= 0.6 is 0 Å². The van der Waals surface area contributed by atoms with Gasteiger partial charge in [0, 0.05) is 0 Å². The number of ether oxygens (including phenoxy) is 6. The number of rotatable bonds is 15. The Labute approximate surface area is 429 Å². The van der Waals surface area contributed by atoms with Crippen molar-refractivity contribution in [2.75, 3.05) is 39.6 Å². The van der Waals surface area contributed by atoms with Gasteiger partial charge in [0.2, 0.25) is 0 Å². The van der Waals surface area contributed by atoms with Crippen LogP contribution in [0.1, 0.15) is 91.5 Å². The summed E-state index contributed by atoms with van der Waals surface area (Å²) in [5.74, 6) is 2.76. The average Bonchev–Trinajstić information content (AvgIpc) is 4.31. The van der Waals surface area contributed by atoms with E-state index in [0.717, 1.165) is 62.8 Å². The van der Waals surface area contributed by atoms with Gasteiger partial charge in [-0.25, -0.2) is 0 Å². The fraction of sp³-hybridized carbons (Fsp3) is 0.354. The molecule has 6 heteroatoms. The van der Waals surface area contributed by atoms with Gasteiger partial charge < -0.3 is 28.4 Å². The Hall–Kier alpha value is -6.18. The minimum absolute atomic E-state index is 0.343. The molecule has 3 heterocycles. The van der Waals surface area contributed by atoms with E-state index in [2.05, 4.69) is 125 Å². The summed E-state index contributed by atoms with van der Waals surface area (Å²) in [4.78, 5) is 0. The minimum atomic E-state index is 0.343. The highest BCUT2D eigenvalue weighted by atomic mass is 16.6.